The predicted octanol–water partition coefficient (Wildman–Crippen LogP) is 1.04. The maximum Gasteiger partial charge on any atom is 0.505 e. The number of hydrogen-bond acceptors (Lipinski definition) is 4. The van der Waals surface area contributed by atoms with Crippen LogP contribution < -0.4 is 0 Å². The van der Waals surface area contributed by atoms with Crippen molar-refractivity contribution in [3.05, 3.63) is 0 Å². The molecule has 1 unspecified atom stereocenters. The zero-order valence-electron chi connectivity index (χ0n) is 9.02. The molecule has 0 aliphatic carbocycles. The van der Waals surface area contributed by atoms with Gasteiger partial charge in [-0.3, -0.25) is 0 Å². The summed E-state index contributed by atoms with van der Waals surface area (Å²) < 4.78 is 9.12. The van der Waals surface area contributed by atoms with Gasteiger partial charge in [-0.05, 0) is 13.5 Å². The second kappa shape index (κ2) is 7.58. The Labute approximate surface area is 84.6 Å². The van der Waals surface area contributed by atoms with Crippen LogP contribution in [0.2, 0.25) is 0 Å². The summed E-state index contributed by atoms with van der Waals surface area (Å²) in [4.78, 5) is 11.5. The number of ether oxygens (including phenoxy) is 2. The second-order valence-corrected chi connectivity index (χ2v) is 3.13. The molecule has 0 aromatic carbocycles. The third kappa shape index (κ3) is 6.68. The first kappa shape index (κ1) is 13.2. The first-order valence-corrected chi connectivity index (χ1v) is 4.67. The van der Waals surface area contributed by atoms with Crippen LogP contribution >= 0.6 is 0 Å². The fourth-order valence-electron chi connectivity index (χ4n) is 1.11. The van der Waals surface area contributed by atoms with Gasteiger partial charge in [-0.25, -0.2) is 4.79 Å². The minimum atomic E-state index is -1.25. The van der Waals surface area contributed by atoms with Gasteiger partial charge in [0.2, 0.25) is 0 Å². The van der Waals surface area contributed by atoms with E-state index in [1.54, 1.807) is 0 Å². The van der Waals surface area contributed by atoms with Crippen LogP contribution in [0.3, 0.4) is 0 Å². The molecule has 1 fully saturated rings. The van der Waals surface area contributed by atoms with Gasteiger partial charge in [-0.2, -0.15) is 0 Å². The highest BCUT2D eigenvalue weighted by Gasteiger charge is 2.14. The third-order valence-corrected chi connectivity index (χ3v) is 1.97. The minimum absolute atomic E-state index is 0.490. The molecular formula is C9H19NO4. The maximum absolute atomic E-state index is 9.15. The lowest BCUT2D eigenvalue weighted by atomic mass is 10.2. The summed E-state index contributed by atoms with van der Waals surface area (Å²) >= 11 is 0. The van der Waals surface area contributed by atoms with Crippen molar-refractivity contribution in [3.63, 3.8) is 0 Å². The SMILES string of the molecule is CCC1CN(C)CCO1.COC(=O)O. The standard InChI is InChI=1S/C7H15NO.C2H4O3/c1-3-7-6-8(2)4-5-9-7;1-5-2(3)4/h7H,3-6H2,1-2H3;1H3,(H,3,4). The summed E-state index contributed by atoms with van der Waals surface area (Å²) in [7, 11) is 3.24. The van der Waals surface area contributed by atoms with Crippen LogP contribution in [0.5, 0.6) is 0 Å². The average Bonchev–Trinajstić information content (AvgIpc) is 2.18. The van der Waals surface area contributed by atoms with E-state index in [2.05, 4.69) is 23.6 Å². The van der Waals surface area contributed by atoms with Crippen molar-refractivity contribution in [2.75, 3.05) is 33.9 Å². The number of carbonyl (C=O) groups is 1. The van der Waals surface area contributed by atoms with E-state index >= 15 is 0 Å². The molecule has 1 atom stereocenters. The summed E-state index contributed by atoms with van der Waals surface area (Å²) in [6, 6.07) is 0. The normalized spacial score (nSPS) is 22.1. The van der Waals surface area contributed by atoms with E-state index in [0.29, 0.717) is 6.10 Å². The van der Waals surface area contributed by atoms with Crippen LogP contribution in [0.1, 0.15) is 13.3 Å². The monoisotopic (exact) mass is 205 g/mol. The molecule has 84 valence electrons. The summed E-state index contributed by atoms with van der Waals surface area (Å²) in [5.74, 6) is 0. The minimum Gasteiger partial charge on any atom is -0.450 e. The molecule has 1 rings (SSSR count). The largest absolute Gasteiger partial charge is 0.505 e. The third-order valence-electron chi connectivity index (χ3n) is 1.97. The Kier molecular flexibility index (Phi) is 7.14. The number of methoxy groups -OCH3 is 1. The van der Waals surface area contributed by atoms with E-state index in [9.17, 15) is 0 Å². The number of hydrogen-bond donors (Lipinski definition) is 1. The Balaban J connectivity index is 0.000000292. The molecule has 0 saturated carbocycles. The van der Waals surface area contributed by atoms with Gasteiger partial charge in [0, 0.05) is 13.1 Å². The molecule has 14 heavy (non-hydrogen) atoms. The molecule has 5 nitrogen and oxygen atoms in total. The van der Waals surface area contributed by atoms with Gasteiger partial charge < -0.3 is 19.5 Å². The molecule has 0 bridgehead atoms. The molecule has 5 heteroatoms. The second-order valence-electron chi connectivity index (χ2n) is 3.13. The molecule has 1 heterocycles. The van der Waals surface area contributed by atoms with Crippen molar-refractivity contribution >= 4 is 6.16 Å². The number of rotatable bonds is 1. The van der Waals surface area contributed by atoms with Crippen LogP contribution in [0.25, 0.3) is 0 Å². The molecule has 1 aliphatic rings. The average molecular weight is 205 g/mol. The lowest BCUT2D eigenvalue weighted by molar-refractivity contribution is -0.0206. The quantitative estimate of drug-likeness (QED) is 0.648. The van der Waals surface area contributed by atoms with Crippen LogP contribution in [0, 0.1) is 0 Å². The first-order valence-electron chi connectivity index (χ1n) is 4.67. The van der Waals surface area contributed by atoms with Crippen LogP contribution in [-0.2, 0) is 9.47 Å². The number of nitrogens with zero attached hydrogens (tertiary/aromatic N) is 1. The summed E-state index contributed by atoms with van der Waals surface area (Å²) in [6.45, 7) is 5.28. The molecule has 0 aromatic rings. The summed E-state index contributed by atoms with van der Waals surface area (Å²) in [5, 5.41) is 7.50. The van der Waals surface area contributed by atoms with Crippen molar-refractivity contribution in [2.24, 2.45) is 0 Å². The smallest absolute Gasteiger partial charge is 0.450 e. The van der Waals surface area contributed by atoms with E-state index < -0.39 is 6.16 Å². The van der Waals surface area contributed by atoms with Crippen molar-refractivity contribution in [3.8, 4) is 0 Å². The fourth-order valence-corrected chi connectivity index (χ4v) is 1.11. The lowest BCUT2D eigenvalue weighted by Gasteiger charge is -2.29. The van der Waals surface area contributed by atoms with Gasteiger partial charge in [0.05, 0.1) is 19.8 Å². The lowest BCUT2D eigenvalue weighted by Crippen LogP contribution is -2.39. The number of morpholine rings is 1. The Morgan fingerprint density at radius 1 is 1.71 bits per heavy atom. The Morgan fingerprint density at radius 3 is 2.57 bits per heavy atom. The molecular weight excluding hydrogens is 186 g/mol. The number of likely N-dealkylation sites (N-methyl/N-ethyl adjacent to an activating group) is 1. The van der Waals surface area contributed by atoms with Gasteiger partial charge in [0.15, 0.2) is 0 Å². The van der Waals surface area contributed by atoms with Gasteiger partial charge >= 0.3 is 6.16 Å². The van der Waals surface area contributed by atoms with E-state index in [0.717, 1.165) is 33.2 Å². The first-order chi connectivity index (χ1) is 6.60. The highest BCUT2D eigenvalue weighted by molar-refractivity contribution is 5.56. The highest BCUT2D eigenvalue weighted by atomic mass is 16.6. The van der Waals surface area contributed by atoms with Crippen molar-refractivity contribution in [1.82, 2.24) is 4.90 Å². The Hall–Kier alpha value is -0.810. The van der Waals surface area contributed by atoms with Crippen LogP contribution in [0.15, 0.2) is 0 Å². The van der Waals surface area contributed by atoms with E-state index in [4.69, 9.17) is 14.6 Å². The molecule has 0 aromatic heterocycles. The highest BCUT2D eigenvalue weighted by Crippen LogP contribution is 2.04. The summed E-state index contributed by atoms with van der Waals surface area (Å²) in [6.07, 6.45) is 0.387. The zero-order valence-corrected chi connectivity index (χ0v) is 9.02. The van der Waals surface area contributed by atoms with E-state index in [1.807, 2.05) is 0 Å². The molecule has 1 saturated heterocycles. The molecule has 0 radical (unpaired) electrons. The van der Waals surface area contributed by atoms with Crippen molar-refractivity contribution < 1.29 is 19.4 Å². The number of carboxylic acid groups (broad SMARTS) is 1. The zero-order chi connectivity index (χ0) is 11.0. The van der Waals surface area contributed by atoms with Gasteiger partial charge in [0.25, 0.3) is 0 Å². The van der Waals surface area contributed by atoms with Crippen molar-refractivity contribution in [2.45, 2.75) is 19.4 Å². The molecule has 1 aliphatic heterocycles. The molecule has 0 spiro atoms. The van der Waals surface area contributed by atoms with E-state index in [1.165, 1.54) is 0 Å². The Morgan fingerprint density at radius 2 is 2.29 bits per heavy atom. The maximum atomic E-state index is 9.15. The van der Waals surface area contributed by atoms with Gasteiger partial charge in [0.1, 0.15) is 0 Å². The van der Waals surface area contributed by atoms with E-state index in [-0.39, 0.29) is 0 Å². The van der Waals surface area contributed by atoms with Gasteiger partial charge in [-0.1, -0.05) is 6.92 Å². The summed E-state index contributed by atoms with van der Waals surface area (Å²) in [5.41, 5.74) is 0. The molecule has 1 N–H and O–H groups in total. The van der Waals surface area contributed by atoms with Crippen molar-refractivity contribution in [1.29, 1.82) is 0 Å². The van der Waals surface area contributed by atoms with Crippen LogP contribution in [-0.4, -0.2) is 56.1 Å². The topological polar surface area (TPSA) is 59.0 Å². The fraction of sp³-hybridized carbons (Fsp3) is 0.889. The Bertz CT molecular complexity index is 163. The predicted molar refractivity (Wildman–Crippen MR) is 52.6 cm³/mol. The van der Waals surface area contributed by atoms with Gasteiger partial charge in [-0.15, -0.1) is 0 Å². The van der Waals surface area contributed by atoms with Crippen LogP contribution in [0.4, 0.5) is 4.79 Å². The molecule has 0 amide bonds.